The van der Waals surface area contributed by atoms with Crippen LogP contribution in [0.25, 0.3) is 0 Å². The van der Waals surface area contributed by atoms with E-state index in [0.717, 1.165) is 6.42 Å². The first-order valence-corrected chi connectivity index (χ1v) is 5.02. The van der Waals surface area contributed by atoms with Gasteiger partial charge in [-0.3, -0.25) is 4.79 Å². The quantitative estimate of drug-likeness (QED) is 0.439. The van der Waals surface area contributed by atoms with Gasteiger partial charge in [-0.05, 0) is 19.4 Å². The van der Waals surface area contributed by atoms with Gasteiger partial charge in [-0.1, -0.05) is 13.8 Å². The van der Waals surface area contributed by atoms with E-state index >= 15 is 0 Å². The van der Waals surface area contributed by atoms with Crippen molar-refractivity contribution < 1.29 is 61.0 Å². The molecule has 15 heavy (non-hydrogen) atoms. The molecule has 0 radical (unpaired) electrons. The minimum Gasteiger partial charge on any atom is -0.365 e. The molecule has 2 unspecified atom stereocenters. The van der Waals surface area contributed by atoms with Crippen molar-refractivity contribution in [1.82, 2.24) is 4.90 Å². The molecule has 0 spiro atoms. The Hall–Kier alpha value is 0.776. The predicted octanol–water partition coefficient (Wildman–Crippen LogP) is -1.32. The molecule has 4 heteroatoms. The van der Waals surface area contributed by atoms with E-state index in [2.05, 4.69) is 0 Å². The topological polar surface area (TPSA) is 37.4 Å². The van der Waals surface area contributed by atoms with Crippen molar-refractivity contribution >= 4 is 11.7 Å². The van der Waals surface area contributed by atoms with Gasteiger partial charge in [0, 0.05) is 13.0 Å². The summed E-state index contributed by atoms with van der Waals surface area (Å²) in [5.74, 6) is 0.0271. The molecule has 0 heterocycles. The van der Waals surface area contributed by atoms with E-state index in [0.29, 0.717) is 0 Å². The van der Waals surface area contributed by atoms with E-state index in [1.165, 1.54) is 11.8 Å². The van der Waals surface area contributed by atoms with Crippen LogP contribution in [0.2, 0.25) is 0 Å². The summed E-state index contributed by atoms with van der Waals surface area (Å²) in [6.07, 6.45) is 2.56. The largest absolute Gasteiger partial charge is 1.00 e. The Labute approximate surface area is 135 Å². The van der Waals surface area contributed by atoms with Gasteiger partial charge in [0.2, 0.25) is 5.91 Å². The first-order valence-electron chi connectivity index (χ1n) is 5.02. The Morgan fingerprint density at radius 1 is 1.40 bits per heavy atom. The fourth-order valence-electron chi connectivity index (χ4n) is 1.39. The molecule has 82 valence electrons. The van der Waals surface area contributed by atoms with E-state index in [4.69, 9.17) is 0 Å². The molecular weight excluding hydrogens is 217 g/mol. The Balaban J connectivity index is 0. The first kappa shape index (κ1) is 18.1. The molecule has 0 aromatic carbocycles. The number of Topliss-reactive ketones (excluding diaryl/α,β-unsaturated/α-hetero) is 1. The molecule has 0 bridgehead atoms. The third kappa shape index (κ3) is 5.59. The second-order valence-electron chi connectivity index (χ2n) is 3.65. The molecular formula is C11H20KNO2. The van der Waals surface area contributed by atoms with Crippen LogP contribution in [-0.4, -0.2) is 29.7 Å². The summed E-state index contributed by atoms with van der Waals surface area (Å²) < 4.78 is 0. The molecule has 0 aliphatic heterocycles. The Bertz CT molecular complexity index is 219. The Morgan fingerprint density at radius 2 is 1.87 bits per heavy atom. The summed E-state index contributed by atoms with van der Waals surface area (Å²) in [6, 6.07) is -0.378. The minimum atomic E-state index is -0.378. The number of likely N-dealkylation sites (N-methyl/N-ethyl adjacent to an activating group) is 1. The van der Waals surface area contributed by atoms with E-state index in [9.17, 15) is 9.59 Å². The molecule has 0 N–H and O–H groups in total. The van der Waals surface area contributed by atoms with Crippen molar-refractivity contribution in [3.63, 3.8) is 0 Å². The number of carbonyl (C=O) groups is 2. The van der Waals surface area contributed by atoms with Gasteiger partial charge >= 0.3 is 51.4 Å². The number of carbonyl (C=O) groups excluding carboxylic acids is 2. The fraction of sp³-hybridized carbons (Fsp3) is 0.727. The van der Waals surface area contributed by atoms with Crippen LogP contribution < -0.4 is 51.4 Å². The normalized spacial score (nSPS) is 13.7. The van der Waals surface area contributed by atoms with Crippen molar-refractivity contribution in [3.8, 4) is 0 Å². The molecule has 0 saturated heterocycles. The van der Waals surface area contributed by atoms with Crippen molar-refractivity contribution in [2.45, 2.75) is 40.2 Å². The van der Waals surface area contributed by atoms with Gasteiger partial charge in [-0.25, -0.2) is 0 Å². The number of ketones is 1. The SMILES string of the molecule is C[CH-]C(C(C)=O)N(C)C(=O)C(C)CC.[K+]. The van der Waals surface area contributed by atoms with Gasteiger partial charge in [-0.15, -0.1) is 0 Å². The van der Waals surface area contributed by atoms with E-state index in [1.807, 2.05) is 13.8 Å². The monoisotopic (exact) mass is 237 g/mol. The van der Waals surface area contributed by atoms with Gasteiger partial charge in [0.25, 0.3) is 0 Å². The maximum Gasteiger partial charge on any atom is 1.00 e. The Morgan fingerprint density at radius 3 is 2.13 bits per heavy atom. The zero-order chi connectivity index (χ0) is 11.3. The second kappa shape index (κ2) is 8.87. The molecule has 0 aromatic rings. The van der Waals surface area contributed by atoms with Crippen molar-refractivity contribution in [2.75, 3.05) is 7.05 Å². The summed E-state index contributed by atoms with van der Waals surface area (Å²) in [5.41, 5.74) is 0. The summed E-state index contributed by atoms with van der Waals surface area (Å²) in [6.45, 7) is 7.15. The standard InChI is InChI=1S/C11H20NO2.K/c1-6-8(3)11(14)12(5)10(7-2)9(4)13;/h7-8,10H,6H2,1-5H3;/q-1;+1. The van der Waals surface area contributed by atoms with Crippen LogP contribution in [0.1, 0.15) is 34.1 Å². The predicted molar refractivity (Wildman–Crippen MR) is 56.7 cm³/mol. The zero-order valence-corrected chi connectivity index (χ0v) is 13.8. The van der Waals surface area contributed by atoms with Gasteiger partial charge < -0.3 is 16.1 Å². The number of amides is 1. The van der Waals surface area contributed by atoms with E-state index in [-0.39, 0.29) is 75.0 Å². The van der Waals surface area contributed by atoms with Crippen LogP contribution in [0.5, 0.6) is 0 Å². The Kier molecular flexibility index (Phi) is 10.7. The summed E-state index contributed by atoms with van der Waals surface area (Å²) in [7, 11) is 1.68. The van der Waals surface area contributed by atoms with Crippen LogP contribution in [0.4, 0.5) is 0 Å². The van der Waals surface area contributed by atoms with Crippen LogP contribution in [-0.2, 0) is 9.59 Å². The van der Waals surface area contributed by atoms with Gasteiger partial charge in [0.1, 0.15) is 5.78 Å². The number of hydrogen-bond acceptors (Lipinski definition) is 2. The van der Waals surface area contributed by atoms with Crippen molar-refractivity contribution in [2.24, 2.45) is 5.92 Å². The molecule has 2 atom stereocenters. The molecule has 0 rings (SSSR count). The van der Waals surface area contributed by atoms with Crippen LogP contribution >= 0.6 is 0 Å². The van der Waals surface area contributed by atoms with Gasteiger partial charge in [0.15, 0.2) is 0 Å². The molecule has 0 aliphatic rings. The van der Waals surface area contributed by atoms with Crippen LogP contribution in [0.15, 0.2) is 0 Å². The van der Waals surface area contributed by atoms with Crippen molar-refractivity contribution in [3.05, 3.63) is 6.42 Å². The van der Waals surface area contributed by atoms with Crippen LogP contribution in [0.3, 0.4) is 0 Å². The minimum absolute atomic E-state index is 0. The maximum atomic E-state index is 11.7. The molecule has 0 aromatic heterocycles. The average Bonchev–Trinajstić information content (AvgIpc) is 2.15. The zero-order valence-electron chi connectivity index (χ0n) is 10.7. The smallest absolute Gasteiger partial charge is 0.365 e. The summed E-state index contributed by atoms with van der Waals surface area (Å²) in [4.78, 5) is 24.5. The first-order chi connectivity index (χ1) is 6.45. The number of rotatable bonds is 5. The van der Waals surface area contributed by atoms with Gasteiger partial charge in [-0.2, -0.15) is 6.92 Å². The second-order valence-corrected chi connectivity index (χ2v) is 3.65. The van der Waals surface area contributed by atoms with Crippen molar-refractivity contribution in [1.29, 1.82) is 0 Å². The maximum absolute atomic E-state index is 11.7. The molecule has 0 fully saturated rings. The number of nitrogens with zero attached hydrogens (tertiary/aromatic N) is 1. The third-order valence-electron chi connectivity index (χ3n) is 2.53. The summed E-state index contributed by atoms with van der Waals surface area (Å²) >= 11 is 0. The molecule has 1 amide bonds. The molecule has 3 nitrogen and oxygen atoms in total. The average molecular weight is 237 g/mol. The summed E-state index contributed by atoms with van der Waals surface area (Å²) in [5, 5.41) is 0. The van der Waals surface area contributed by atoms with Crippen LogP contribution in [0, 0.1) is 12.3 Å². The molecule has 0 saturated carbocycles. The fourth-order valence-corrected chi connectivity index (χ4v) is 1.39. The van der Waals surface area contributed by atoms with E-state index in [1.54, 1.807) is 20.4 Å². The third-order valence-corrected chi connectivity index (χ3v) is 2.53. The van der Waals surface area contributed by atoms with Gasteiger partial charge in [0.05, 0.1) is 0 Å². The number of hydrogen-bond donors (Lipinski definition) is 0. The van der Waals surface area contributed by atoms with E-state index < -0.39 is 0 Å². The molecule has 0 aliphatic carbocycles.